The lowest BCUT2D eigenvalue weighted by Gasteiger charge is -2.16. The van der Waals surface area contributed by atoms with Crippen molar-refractivity contribution in [2.24, 2.45) is 5.73 Å². The molecule has 0 saturated heterocycles. The van der Waals surface area contributed by atoms with E-state index in [0.717, 1.165) is 0 Å². The maximum Gasteiger partial charge on any atom is 0.170 e. The Bertz CT molecular complexity index is 604. The normalized spacial score (nSPS) is 12.3. The van der Waals surface area contributed by atoms with Gasteiger partial charge in [-0.25, -0.2) is 8.78 Å². The molecule has 19 heavy (non-hydrogen) atoms. The molecule has 0 fully saturated rings. The maximum atomic E-state index is 14.1. The Balaban J connectivity index is 2.50. The highest BCUT2D eigenvalue weighted by Crippen LogP contribution is 2.30. The molecule has 2 aromatic carbocycles. The van der Waals surface area contributed by atoms with Crippen LogP contribution in [-0.2, 0) is 0 Å². The summed E-state index contributed by atoms with van der Waals surface area (Å²) in [5.41, 5.74) is 6.37. The molecule has 0 aliphatic rings. The van der Waals surface area contributed by atoms with Crippen molar-refractivity contribution in [2.75, 3.05) is 7.11 Å². The molecule has 0 amide bonds. The van der Waals surface area contributed by atoms with E-state index in [4.69, 9.17) is 10.5 Å². The molecule has 0 spiro atoms. The van der Waals surface area contributed by atoms with Crippen LogP contribution in [0.2, 0.25) is 0 Å². The molecular weight excluding hydrogens is 316 g/mol. The number of rotatable bonds is 3. The first kappa shape index (κ1) is 14.0. The molecular formula is C14H12BrF2NO. The molecule has 0 radical (unpaired) electrons. The Kier molecular flexibility index (Phi) is 4.17. The number of hydrogen-bond acceptors (Lipinski definition) is 2. The van der Waals surface area contributed by atoms with Gasteiger partial charge in [-0.1, -0.05) is 24.3 Å². The number of hydrogen-bond donors (Lipinski definition) is 1. The van der Waals surface area contributed by atoms with Crippen LogP contribution in [-0.4, -0.2) is 7.11 Å². The largest absolute Gasteiger partial charge is 0.494 e. The van der Waals surface area contributed by atoms with Gasteiger partial charge in [-0.3, -0.25) is 0 Å². The summed E-state index contributed by atoms with van der Waals surface area (Å²) in [6.07, 6.45) is 0. The van der Waals surface area contributed by atoms with E-state index in [0.29, 0.717) is 4.47 Å². The average molecular weight is 328 g/mol. The van der Waals surface area contributed by atoms with Crippen molar-refractivity contribution in [1.29, 1.82) is 0 Å². The lowest BCUT2D eigenvalue weighted by Crippen LogP contribution is -2.15. The van der Waals surface area contributed by atoms with Crippen molar-refractivity contribution in [3.63, 3.8) is 0 Å². The number of nitrogens with two attached hydrogens (primary N) is 1. The van der Waals surface area contributed by atoms with Crippen LogP contribution in [0.1, 0.15) is 17.2 Å². The summed E-state index contributed by atoms with van der Waals surface area (Å²) in [4.78, 5) is 0. The highest BCUT2D eigenvalue weighted by molar-refractivity contribution is 9.10. The van der Waals surface area contributed by atoms with Crippen LogP contribution in [0.3, 0.4) is 0 Å². The fraction of sp³-hybridized carbons (Fsp3) is 0.143. The van der Waals surface area contributed by atoms with Gasteiger partial charge in [-0.2, -0.15) is 0 Å². The van der Waals surface area contributed by atoms with Crippen molar-refractivity contribution in [3.8, 4) is 5.75 Å². The molecule has 0 aliphatic heterocycles. The van der Waals surface area contributed by atoms with Gasteiger partial charge in [0.1, 0.15) is 5.82 Å². The van der Waals surface area contributed by atoms with Crippen LogP contribution in [0, 0.1) is 11.6 Å². The first-order valence-electron chi connectivity index (χ1n) is 5.58. The minimum atomic E-state index is -0.896. The Labute approximate surface area is 118 Å². The number of methoxy groups -OCH3 is 1. The van der Waals surface area contributed by atoms with Crippen molar-refractivity contribution in [1.82, 2.24) is 0 Å². The molecule has 0 bridgehead atoms. The molecule has 0 heterocycles. The van der Waals surface area contributed by atoms with Crippen LogP contribution in [0.15, 0.2) is 40.9 Å². The average Bonchev–Trinajstić information content (AvgIpc) is 2.41. The van der Waals surface area contributed by atoms with Crippen LogP contribution < -0.4 is 10.5 Å². The first-order valence-corrected chi connectivity index (χ1v) is 6.37. The Hall–Kier alpha value is -1.46. The summed E-state index contributed by atoms with van der Waals surface area (Å²) < 4.78 is 33.3. The summed E-state index contributed by atoms with van der Waals surface area (Å²) >= 11 is 3.08. The van der Waals surface area contributed by atoms with Crippen LogP contribution in [0.4, 0.5) is 8.78 Å². The smallest absolute Gasteiger partial charge is 0.170 e. The van der Waals surface area contributed by atoms with Gasteiger partial charge in [0.05, 0.1) is 17.6 Å². The van der Waals surface area contributed by atoms with E-state index in [-0.39, 0.29) is 16.9 Å². The molecule has 5 heteroatoms. The molecule has 100 valence electrons. The summed E-state index contributed by atoms with van der Waals surface area (Å²) in [5.74, 6) is -0.975. The quantitative estimate of drug-likeness (QED) is 0.931. The fourth-order valence-corrected chi connectivity index (χ4v) is 2.24. The van der Waals surface area contributed by atoms with Gasteiger partial charge in [0.2, 0.25) is 0 Å². The third-order valence-electron chi connectivity index (χ3n) is 2.86. The lowest BCUT2D eigenvalue weighted by molar-refractivity contribution is 0.383. The topological polar surface area (TPSA) is 35.2 Å². The van der Waals surface area contributed by atoms with E-state index in [9.17, 15) is 8.78 Å². The van der Waals surface area contributed by atoms with E-state index in [2.05, 4.69) is 15.9 Å². The summed E-state index contributed by atoms with van der Waals surface area (Å²) in [6, 6.07) is 8.48. The van der Waals surface area contributed by atoms with E-state index in [1.165, 1.54) is 25.3 Å². The number of halogens is 3. The lowest BCUT2D eigenvalue weighted by atomic mass is 9.98. The zero-order valence-corrected chi connectivity index (χ0v) is 11.7. The zero-order chi connectivity index (χ0) is 14.0. The molecule has 2 N–H and O–H groups in total. The molecule has 2 nitrogen and oxygen atoms in total. The second kappa shape index (κ2) is 5.67. The number of ether oxygens (including phenoxy) is 1. The molecule has 0 aromatic heterocycles. The third kappa shape index (κ3) is 2.62. The van der Waals surface area contributed by atoms with Gasteiger partial charge in [0.15, 0.2) is 11.6 Å². The van der Waals surface area contributed by atoms with Crippen molar-refractivity contribution in [2.45, 2.75) is 6.04 Å². The van der Waals surface area contributed by atoms with Gasteiger partial charge in [-0.05, 0) is 28.1 Å². The minimum absolute atomic E-state index is 0.0864. The summed E-state index contributed by atoms with van der Waals surface area (Å²) in [7, 11) is 1.37. The minimum Gasteiger partial charge on any atom is -0.494 e. The molecule has 0 saturated carbocycles. The monoisotopic (exact) mass is 327 g/mol. The predicted octanol–water partition coefficient (Wildman–Crippen LogP) is 3.78. The first-order chi connectivity index (χ1) is 9.06. The van der Waals surface area contributed by atoms with Gasteiger partial charge in [0, 0.05) is 11.1 Å². The highest BCUT2D eigenvalue weighted by Gasteiger charge is 2.20. The summed E-state index contributed by atoms with van der Waals surface area (Å²) in [5, 5.41) is 0. The standard InChI is InChI=1S/C14H12BrF2NO/c1-19-11-7-3-5-9(13(11)17)14(18)8-4-2-6-10(15)12(8)16/h2-7,14H,18H2,1H3. The SMILES string of the molecule is COc1cccc(C(N)c2cccc(Br)c2F)c1F. The molecule has 2 rings (SSSR count). The third-order valence-corrected chi connectivity index (χ3v) is 3.48. The summed E-state index contributed by atoms with van der Waals surface area (Å²) in [6.45, 7) is 0. The molecule has 1 atom stereocenters. The van der Waals surface area contributed by atoms with Crippen LogP contribution >= 0.6 is 15.9 Å². The van der Waals surface area contributed by atoms with Crippen molar-refractivity contribution in [3.05, 3.63) is 63.6 Å². The number of benzene rings is 2. The second-order valence-electron chi connectivity index (χ2n) is 3.98. The Morgan fingerprint density at radius 3 is 2.26 bits per heavy atom. The second-order valence-corrected chi connectivity index (χ2v) is 4.84. The molecule has 0 aliphatic carbocycles. The molecule has 1 unspecified atom stereocenters. The maximum absolute atomic E-state index is 14.1. The van der Waals surface area contributed by atoms with Gasteiger partial charge in [0.25, 0.3) is 0 Å². The van der Waals surface area contributed by atoms with Gasteiger partial charge in [-0.15, -0.1) is 0 Å². The Morgan fingerprint density at radius 2 is 1.63 bits per heavy atom. The zero-order valence-electron chi connectivity index (χ0n) is 10.2. The Morgan fingerprint density at radius 1 is 1.05 bits per heavy atom. The van der Waals surface area contributed by atoms with Gasteiger partial charge >= 0.3 is 0 Å². The van der Waals surface area contributed by atoms with Crippen molar-refractivity contribution < 1.29 is 13.5 Å². The van der Waals surface area contributed by atoms with E-state index < -0.39 is 17.7 Å². The predicted molar refractivity (Wildman–Crippen MR) is 73.1 cm³/mol. The van der Waals surface area contributed by atoms with Crippen LogP contribution in [0.25, 0.3) is 0 Å². The van der Waals surface area contributed by atoms with E-state index in [1.807, 2.05) is 0 Å². The van der Waals surface area contributed by atoms with Crippen LogP contribution in [0.5, 0.6) is 5.75 Å². The van der Waals surface area contributed by atoms with Gasteiger partial charge < -0.3 is 10.5 Å². The molecule has 2 aromatic rings. The fourth-order valence-electron chi connectivity index (χ4n) is 1.85. The highest BCUT2D eigenvalue weighted by atomic mass is 79.9. The van der Waals surface area contributed by atoms with E-state index in [1.54, 1.807) is 18.2 Å². The van der Waals surface area contributed by atoms with Crippen molar-refractivity contribution >= 4 is 15.9 Å². The van der Waals surface area contributed by atoms with E-state index >= 15 is 0 Å².